The minimum Gasteiger partial charge on any atom is -0.364 e. The number of anilines is 1. The first-order valence-electron chi connectivity index (χ1n) is 8.84. The van der Waals surface area contributed by atoms with Gasteiger partial charge in [0.2, 0.25) is 0 Å². The maximum absolute atomic E-state index is 13.6. The molecule has 0 atom stereocenters. The summed E-state index contributed by atoms with van der Waals surface area (Å²) in [5, 5.41) is 6.53. The molecule has 6 heteroatoms. The summed E-state index contributed by atoms with van der Waals surface area (Å²) in [4.78, 5) is 6.56. The van der Waals surface area contributed by atoms with E-state index in [9.17, 15) is 4.39 Å². The Morgan fingerprint density at radius 2 is 1.70 bits per heavy atom. The second kappa shape index (κ2) is 10.3. The lowest BCUT2D eigenvalue weighted by atomic mass is 10.1. The Morgan fingerprint density at radius 3 is 2.33 bits per heavy atom. The highest BCUT2D eigenvalue weighted by molar-refractivity contribution is 14.0. The SMILES string of the molecule is CN=C(NCc1cccc(N2CC=CC2)c1)NCc1ccc(C)c(F)c1.I. The molecule has 27 heavy (non-hydrogen) atoms. The van der Waals surface area contributed by atoms with Crippen molar-refractivity contribution in [2.45, 2.75) is 20.0 Å². The number of aliphatic imine (C=N–C) groups is 1. The Labute approximate surface area is 177 Å². The average Bonchev–Trinajstić information content (AvgIpc) is 3.20. The van der Waals surface area contributed by atoms with Crippen LogP contribution in [-0.2, 0) is 13.1 Å². The molecular weight excluding hydrogens is 454 g/mol. The number of halogens is 2. The van der Waals surface area contributed by atoms with E-state index in [1.54, 1.807) is 26.1 Å². The number of benzene rings is 2. The summed E-state index contributed by atoms with van der Waals surface area (Å²) in [6, 6.07) is 13.8. The molecule has 3 rings (SSSR count). The number of hydrogen-bond acceptors (Lipinski definition) is 2. The van der Waals surface area contributed by atoms with E-state index in [2.05, 4.69) is 56.9 Å². The van der Waals surface area contributed by atoms with Gasteiger partial charge in [-0.15, -0.1) is 24.0 Å². The molecule has 1 aliphatic rings. The van der Waals surface area contributed by atoms with Gasteiger partial charge in [-0.25, -0.2) is 4.39 Å². The van der Waals surface area contributed by atoms with Crippen LogP contribution in [0.5, 0.6) is 0 Å². The van der Waals surface area contributed by atoms with Gasteiger partial charge in [-0.1, -0.05) is 36.4 Å². The van der Waals surface area contributed by atoms with Crippen molar-refractivity contribution in [3.05, 3.63) is 77.1 Å². The van der Waals surface area contributed by atoms with Crippen molar-refractivity contribution in [2.24, 2.45) is 4.99 Å². The Bertz CT molecular complexity index is 812. The summed E-state index contributed by atoms with van der Waals surface area (Å²) in [5.41, 5.74) is 3.97. The highest BCUT2D eigenvalue weighted by Gasteiger charge is 2.08. The maximum Gasteiger partial charge on any atom is 0.191 e. The molecule has 0 spiro atoms. The second-order valence-electron chi connectivity index (χ2n) is 6.41. The maximum atomic E-state index is 13.6. The molecule has 0 saturated carbocycles. The molecule has 0 aromatic heterocycles. The zero-order chi connectivity index (χ0) is 18.4. The fraction of sp³-hybridized carbons (Fsp3) is 0.286. The van der Waals surface area contributed by atoms with E-state index in [-0.39, 0.29) is 29.8 Å². The van der Waals surface area contributed by atoms with Gasteiger partial charge >= 0.3 is 0 Å². The fourth-order valence-corrected chi connectivity index (χ4v) is 2.89. The van der Waals surface area contributed by atoms with Crippen molar-refractivity contribution in [3.63, 3.8) is 0 Å². The average molecular weight is 480 g/mol. The van der Waals surface area contributed by atoms with Crippen molar-refractivity contribution in [1.29, 1.82) is 0 Å². The van der Waals surface area contributed by atoms with E-state index in [1.165, 1.54) is 11.3 Å². The third kappa shape index (κ3) is 5.95. The van der Waals surface area contributed by atoms with Crippen LogP contribution in [0, 0.1) is 12.7 Å². The molecule has 0 radical (unpaired) electrons. The molecule has 4 nitrogen and oxygen atoms in total. The molecule has 0 aliphatic carbocycles. The Balaban J connectivity index is 0.00000261. The molecule has 1 aliphatic heterocycles. The summed E-state index contributed by atoms with van der Waals surface area (Å²) in [6.07, 6.45) is 4.37. The predicted molar refractivity (Wildman–Crippen MR) is 121 cm³/mol. The van der Waals surface area contributed by atoms with Gasteiger partial charge in [-0.3, -0.25) is 4.99 Å². The van der Waals surface area contributed by atoms with Crippen LogP contribution in [-0.4, -0.2) is 26.1 Å². The van der Waals surface area contributed by atoms with Crippen LogP contribution in [0.1, 0.15) is 16.7 Å². The first kappa shape index (κ1) is 21.2. The van der Waals surface area contributed by atoms with Gasteiger partial charge in [-0.05, 0) is 41.8 Å². The van der Waals surface area contributed by atoms with Crippen LogP contribution in [0.25, 0.3) is 0 Å². The number of guanidine groups is 1. The Hall–Kier alpha value is -2.09. The van der Waals surface area contributed by atoms with Crippen molar-refractivity contribution >= 4 is 35.6 Å². The monoisotopic (exact) mass is 480 g/mol. The lowest BCUT2D eigenvalue weighted by Gasteiger charge is -2.19. The first-order valence-corrected chi connectivity index (χ1v) is 8.84. The number of hydrogen-bond donors (Lipinski definition) is 2. The minimum absolute atomic E-state index is 0. The smallest absolute Gasteiger partial charge is 0.191 e. The first-order chi connectivity index (χ1) is 12.7. The zero-order valence-corrected chi connectivity index (χ0v) is 18.0. The normalized spacial score (nSPS) is 13.4. The standard InChI is InChI=1S/C21H25FN4.HI/c1-16-8-9-18(13-20(16)22)15-25-21(23-2)24-14-17-6-5-7-19(12-17)26-10-3-4-11-26;/h3-9,12-13H,10-11,14-15H2,1-2H3,(H2,23,24,25);1H. The molecular formula is C21H26FIN4. The zero-order valence-electron chi connectivity index (χ0n) is 15.7. The summed E-state index contributed by atoms with van der Waals surface area (Å²) in [6.45, 7) is 4.90. The lowest BCUT2D eigenvalue weighted by Crippen LogP contribution is -2.36. The van der Waals surface area contributed by atoms with Gasteiger partial charge in [0.15, 0.2) is 5.96 Å². The number of nitrogens with one attached hydrogen (secondary N) is 2. The molecule has 2 aromatic rings. The fourth-order valence-electron chi connectivity index (χ4n) is 2.89. The Kier molecular flexibility index (Phi) is 8.09. The van der Waals surface area contributed by atoms with E-state index < -0.39 is 0 Å². The molecule has 0 saturated heterocycles. The summed E-state index contributed by atoms with van der Waals surface area (Å²) in [5.74, 6) is 0.514. The quantitative estimate of drug-likeness (QED) is 0.294. The minimum atomic E-state index is -0.180. The molecule has 144 valence electrons. The van der Waals surface area contributed by atoms with Crippen molar-refractivity contribution in [3.8, 4) is 0 Å². The second-order valence-corrected chi connectivity index (χ2v) is 6.41. The van der Waals surface area contributed by atoms with Gasteiger partial charge in [0, 0.05) is 38.9 Å². The highest BCUT2D eigenvalue weighted by atomic mass is 127. The van der Waals surface area contributed by atoms with Gasteiger partial charge in [0.1, 0.15) is 5.82 Å². The molecule has 1 heterocycles. The third-order valence-electron chi connectivity index (χ3n) is 4.47. The lowest BCUT2D eigenvalue weighted by molar-refractivity contribution is 0.615. The van der Waals surface area contributed by atoms with Gasteiger partial charge in [0.25, 0.3) is 0 Å². The van der Waals surface area contributed by atoms with E-state index in [0.29, 0.717) is 24.6 Å². The summed E-state index contributed by atoms with van der Waals surface area (Å²) in [7, 11) is 1.73. The van der Waals surface area contributed by atoms with Gasteiger partial charge in [-0.2, -0.15) is 0 Å². The number of aryl methyl sites for hydroxylation is 1. The highest BCUT2D eigenvalue weighted by Crippen LogP contribution is 2.18. The topological polar surface area (TPSA) is 39.7 Å². The van der Waals surface area contributed by atoms with Crippen LogP contribution in [0.2, 0.25) is 0 Å². The van der Waals surface area contributed by atoms with E-state index >= 15 is 0 Å². The van der Waals surface area contributed by atoms with E-state index in [1.807, 2.05) is 6.07 Å². The summed E-state index contributed by atoms with van der Waals surface area (Å²) >= 11 is 0. The van der Waals surface area contributed by atoms with Gasteiger partial charge < -0.3 is 15.5 Å². The molecule has 0 amide bonds. The van der Waals surface area contributed by atoms with Crippen molar-refractivity contribution < 1.29 is 4.39 Å². The molecule has 2 N–H and O–H groups in total. The van der Waals surface area contributed by atoms with Crippen LogP contribution >= 0.6 is 24.0 Å². The van der Waals surface area contributed by atoms with Gasteiger partial charge in [0.05, 0.1) is 0 Å². The van der Waals surface area contributed by atoms with Crippen LogP contribution in [0.15, 0.2) is 59.6 Å². The van der Waals surface area contributed by atoms with E-state index in [0.717, 1.165) is 18.7 Å². The molecule has 0 unspecified atom stereocenters. The van der Waals surface area contributed by atoms with E-state index in [4.69, 9.17) is 0 Å². The van der Waals surface area contributed by atoms with Crippen molar-refractivity contribution in [1.82, 2.24) is 10.6 Å². The molecule has 0 fully saturated rings. The Morgan fingerprint density at radius 1 is 1.04 bits per heavy atom. The predicted octanol–water partition coefficient (Wildman–Crippen LogP) is 3.99. The number of nitrogens with zero attached hydrogens (tertiary/aromatic N) is 2. The van der Waals surface area contributed by atoms with Crippen LogP contribution in [0.3, 0.4) is 0 Å². The largest absolute Gasteiger partial charge is 0.364 e. The third-order valence-corrected chi connectivity index (χ3v) is 4.47. The molecule has 2 aromatic carbocycles. The van der Waals surface area contributed by atoms with Crippen LogP contribution < -0.4 is 15.5 Å². The molecule has 0 bridgehead atoms. The van der Waals surface area contributed by atoms with Crippen molar-refractivity contribution in [2.75, 3.05) is 25.0 Å². The van der Waals surface area contributed by atoms with Crippen LogP contribution in [0.4, 0.5) is 10.1 Å². The summed E-state index contributed by atoms with van der Waals surface area (Å²) < 4.78 is 13.6. The number of rotatable bonds is 5.